The van der Waals surface area contributed by atoms with E-state index in [-0.39, 0.29) is 18.6 Å². The lowest BCUT2D eigenvalue weighted by Gasteiger charge is -2.15. The maximum Gasteiger partial charge on any atom is 0.258 e. The number of amides is 1. The highest BCUT2D eigenvalue weighted by Gasteiger charge is 2.12. The van der Waals surface area contributed by atoms with Gasteiger partial charge in [-0.15, -0.1) is 0 Å². The Kier molecular flexibility index (Phi) is 5.83. The van der Waals surface area contributed by atoms with Crippen molar-refractivity contribution in [2.45, 2.75) is 46.3 Å². The van der Waals surface area contributed by atoms with E-state index in [9.17, 15) is 9.90 Å². The summed E-state index contributed by atoms with van der Waals surface area (Å²) in [6.07, 6.45) is 0.266. The summed E-state index contributed by atoms with van der Waals surface area (Å²) in [5.41, 5.74) is 1.75. The SMILES string of the molecule is CCC(C)NC(=O)COc1ccc(C)cc1[C@H](C)O. The summed E-state index contributed by atoms with van der Waals surface area (Å²) in [5, 5.41) is 12.5. The zero-order chi connectivity index (χ0) is 14.4. The van der Waals surface area contributed by atoms with Crippen LogP contribution in [0.3, 0.4) is 0 Å². The molecule has 19 heavy (non-hydrogen) atoms. The molecule has 1 aromatic carbocycles. The van der Waals surface area contributed by atoms with Crippen LogP contribution >= 0.6 is 0 Å². The van der Waals surface area contributed by atoms with Gasteiger partial charge in [-0.25, -0.2) is 0 Å². The van der Waals surface area contributed by atoms with Gasteiger partial charge < -0.3 is 15.2 Å². The summed E-state index contributed by atoms with van der Waals surface area (Å²) in [5.74, 6) is 0.409. The number of carbonyl (C=O) groups is 1. The second-order valence-corrected chi connectivity index (χ2v) is 4.88. The monoisotopic (exact) mass is 265 g/mol. The number of rotatable bonds is 6. The Labute approximate surface area is 114 Å². The van der Waals surface area contributed by atoms with Crippen LogP contribution in [0.25, 0.3) is 0 Å². The molecule has 4 heteroatoms. The first-order chi connectivity index (χ1) is 8.93. The van der Waals surface area contributed by atoms with Crippen LogP contribution in [0.5, 0.6) is 5.75 Å². The van der Waals surface area contributed by atoms with E-state index >= 15 is 0 Å². The van der Waals surface area contributed by atoms with Crippen molar-refractivity contribution in [3.8, 4) is 5.75 Å². The number of aliphatic hydroxyl groups excluding tert-OH is 1. The maximum absolute atomic E-state index is 11.6. The molecule has 0 aliphatic rings. The highest BCUT2D eigenvalue weighted by molar-refractivity contribution is 5.77. The van der Waals surface area contributed by atoms with Gasteiger partial charge in [-0.3, -0.25) is 4.79 Å². The fraction of sp³-hybridized carbons (Fsp3) is 0.533. The number of benzene rings is 1. The van der Waals surface area contributed by atoms with Gasteiger partial charge in [0.2, 0.25) is 0 Å². The van der Waals surface area contributed by atoms with Gasteiger partial charge in [-0.1, -0.05) is 18.6 Å². The smallest absolute Gasteiger partial charge is 0.258 e. The van der Waals surface area contributed by atoms with Gasteiger partial charge in [0.05, 0.1) is 6.10 Å². The first kappa shape index (κ1) is 15.5. The zero-order valence-corrected chi connectivity index (χ0v) is 12.1. The minimum absolute atomic E-state index is 0.0346. The van der Waals surface area contributed by atoms with Crippen molar-refractivity contribution in [1.29, 1.82) is 0 Å². The highest BCUT2D eigenvalue weighted by Crippen LogP contribution is 2.26. The Morgan fingerprint density at radius 3 is 2.68 bits per heavy atom. The van der Waals surface area contributed by atoms with Crippen molar-refractivity contribution in [2.24, 2.45) is 0 Å². The van der Waals surface area contributed by atoms with Gasteiger partial charge >= 0.3 is 0 Å². The van der Waals surface area contributed by atoms with Crippen LogP contribution in [-0.2, 0) is 4.79 Å². The number of aliphatic hydroxyl groups is 1. The number of aryl methyl sites for hydroxylation is 1. The standard InChI is InChI=1S/C15H23NO3/c1-5-11(3)16-15(18)9-19-14-7-6-10(2)8-13(14)12(4)17/h6-8,11-12,17H,5,9H2,1-4H3,(H,16,18)/t11?,12-/m0/s1. The third-order valence-corrected chi connectivity index (χ3v) is 2.99. The molecule has 0 bridgehead atoms. The molecule has 2 N–H and O–H groups in total. The van der Waals surface area contributed by atoms with Crippen LogP contribution in [0.4, 0.5) is 0 Å². The fourth-order valence-electron chi connectivity index (χ4n) is 1.69. The number of carbonyl (C=O) groups excluding carboxylic acids is 1. The molecule has 1 amide bonds. The average Bonchev–Trinajstić information content (AvgIpc) is 2.36. The molecule has 0 aliphatic carbocycles. The van der Waals surface area contributed by atoms with E-state index < -0.39 is 6.10 Å². The minimum Gasteiger partial charge on any atom is -0.483 e. The van der Waals surface area contributed by atoms with Gasteiger partial charge in [-0.2, -0.15) is 0 Å². The van der Waals surface area contributed by atoms with E-state index in [4.69, 9.17) is 4.74 Å². The van der Waals surface area contributed by atoms with Gasteiger partial charge in [0, 0.05) is 11.6 Å². The summed E-state index contributed by atoms with van der Waals surface area (Å²) in [4.78, 5) is 11.6. The van der Waals surface area contributed by atoms with E-state index in [1.807, 2.05) is 32.9 Å². The molecule has 0 spiro atoms. The predicted octanol–water partition coefficient (Wildman–Crippen LogP) is 2.34. The molecule has 2 atom stereocenters. The molecule has 1 unspecified atom stereocenters. The molecule has 0 radical (unpaired) electrons. The van der Waals surface area contributed by atoms with Crippen LogP contribution < -0.4 is 10.1 Å². The minimum atomic E-state index is -0.618. The largest absolute Gasteiger partial charge is 0.483 e. The predicted molar refractivity (Wildman–Crippen MR) is 75.2 cm³/mol. The normalized spacial score (nSPS) is 13.7. The number of hydrogen-bond donors (Lipinski definition) is 2. The van der Waals surface area contributed by atoms with Crippen molar-refractivity contribution < 1.29 is 14.6 Å². The summed E-state index contributed by atoms with van der Waals surface area (Å²) in [7, 11) is 0. The van der Waals surface area contributed by atoms with Gasteiger partial charge in [-0.05, 0) is 39.3 Å². The maximum atomic E-state index is 11.6. The molecular weight excluding hydrogens is 242 g/mol. The van der Waals surface area contributed by atoms with Crippen LogP contribution in [0, 0.1) is 6.92 Å². The average molecular weight is 265 g/mol. The lowest BCUT2D eigenvalue weighted by atomic mass is 10.1. The molecule has 0 heterocycles. The topological polar surface area (TPSA) is 58.6 Å². The van der Waals surface area contributed by atoms with E-state index in [0.717, 1.165) is 12.0 Å². The van der Waals surface area contributed by atoms with Gasteiger partial charge in [0.15, 0.2) is 6.61 Å². The van der Waals surface area contributed by atoms with Crippen LogP contribution in [0.15, 0.2) is 18.2 Å². The Morgan fingerprint density at radius 2 is 2.11 bits per heavy atom. The van der Waals surface area contributed by atoms with E-state index in [0.29, 0.717) is 11.3 Å². The van der Waals surface area contributed by atoms with E-state index in [2.05, 4.69) is 5.32 Å². The number of hydrogen-bond acceptors (Lipinski definition) is 3. The molecule has 1 aromatic rings. The molecular formula is C15H23NO3. The quantitative estimate of drug-likeness (QED) is 0.830. The molecule has 1 rings (SSSR count). The van der Waals surface area contributed by atoms with Crippen LogP contribution in [0.1, 0.15) is 44.4 Å². The fourth-order valence-corrected chi connectivity index (χ4v) is 1.69. The second kappa shape index (κ2) is 7.14. The molecule has 106 valence electrons. The third-order valence-electron chi connectivity index (χ3n) is 2.99. The second-order valence-electron chi connectivity index (χ2n) is 4.88. The first-order valence-corrected chi connectivity index (χ1v) is 6.64. The van der Waals surface area contributed by atoms with Crippen LogP contribution in [-0.4, -0.2) is 23.7 Å². The van der Waals surface area contributed by atoms with Gasteiger partial charge in [0.25, 0.3) is 5.91 Å². The zero-order valence-electron chi connectivity index (χ0n) is 12.1. The van der Waals surface area contributed by atoms with Crippen molar-refractivity contribution in [3.05, 3.63) is 29.3 Å². The van der Waals surface area contributed by atoms with Crippen molar-refractivity contribution in [1.82, 2.24) is 5.32 Å². The van der Waals surface area contributed by atoms with Crippen molar-refractivity contribution >= 4 is 5.91 Å². The molecule has 0 fully saturated rings. The molecule has 0 saturated carbocycles. The summed E-state index contributed by atoms with van der Waals surface area (Å²) in [6.45, 7) is 7.56. The lowest BCUT2D eigenvalue weighted by Crippen LogP contribution is -2.35. The van der Waals surface area contributed by atoms with Crippen molar-refractivity contribution in [3.63, 3.8) is 0 Å². The summed E-state index contributed by atoms with van der Waals surface area (Å²) in [6, 6.07) is 5.69. The first-order valence-electron chi connectivity index (χ1n) is 6.64. The summed E-state index contributed by atoms with van der Waals surface area (Å²) >= 11 is 0. The summed E-state index contributed by atoms with van der Waals surface area (Å²) < 4.78 is 5.49. The van der Waals surface area contributed by atoms with Crippen molar-refractivity contribution in [2.75, 3.05) is 6.61 Å². The Hall–Kier alpha value is -1.55. The van der Waals surface area contributed by atoms with Crippen LogP contribution in [0.2, 0.25) is 0 Å². The Bertz CT molecular complexity index is 429. The molecule has 0 aliphatic heterocycles. The highest BCUT2D eigenvalue weighted by atomic mass is 16.5. The number of nitrogens with one attached hydrogen (secondary N) is 1. The molecule has 4 nitrogen and oxygen atoms in total. The Balaban J connectivity index is 2.65. The Morgan fingerprint density at radius 1 is 1.42 bits per heavy atom. The molecule has 0 saturated heterocycles. The number of ether oxygens (including phenoxy) is 1. The molecule has 0 aromatic heterocycles. The van der Waals surface area contributed by atoms with E-state index in [1.54, 1.807) is 13.0 Å². The van der Waals surface area contributed by atoms with E-state index in [1.165, 1.54) is 0 Å². The third kappa shape index (κ3) is 4.91. The lowest BCUT2D eigenvalue weighted by molar-refractivity contribution is -0.123. The van der Waals surface area contributed by atoms with Gasteiger partial charge in [0.1, 0.15) is 5.75 Å².